The van der Waals surface area contributed by atoms with Gasteiger partial charge in [0, 0.05) is 17.3 Å². The van der Waals surface area contributed by atoms with Gasteiger partial charge in [-0.15, -0.1) is 0 Å². The Morgan fingerprint density at radius 3 is 2.55 bits per heavy atom. The number of aromatic amines is 1. The molecule has 0 fully saturated rings. The highest BCUT2D eigenvalue weighted by Gasteiger charge is 2.02. The first kappa shape index (κ1) is 15.6. The summed E-state index contributed by atoms with van der Waals surface area (Å²) in [5.74, 6) is -0.305. The number of rotatable bonds is 6. The third kappa shape index (κ3) is 4.09. The van der Waals surface area contributed by atoms with Gasteiger partial charge in [0.05, 0.1) is 6.61 Å². The minimum Gasteiger partial charge on any atom is -0.494 e. The summed E-state index contributed by atoms with van der Waals surface area (Å²) in [7, 11) is 0. The van der Waals surface area contributed by atoms with Gasteiger partial charge in [-0.3, -0.25) is 4.79 Å². The molecule has 0 saturated carbocycles. The third-order valence-corrected chi connectivity index (χ3v) is 2.98. The van der Waals surface area contributed by atoms with Crippen LogP contribution in [0.4, 0.5) is 0 Å². The minimum atomic E-state index is -1.09. The largest absolute Gasteiger partial charge is 0.494 e. The molecule has 2 aromatic rings. The van der Waals surface area contributed by atoms with Gasteiger partial charge in [0.2, 0.25) is 0 Å². The van der Waals surface area contributed by atoms with E-state index in [0.717, 1.165) is 23.8 Å². The van der Waals surface area contributed by atoms with Crippen molar-refractivity contribution in [3.63, 3.8) is 0 Å². The number of aromatic nitrogens is 1. The summed E-state index contributed by atoms with van der Waals surface area (Å²) in [6, 6.07) is 10.8. The molecule has 1 aromatic heterocycles. The molecule has 2 N–H and O–H groups in total. The molecule has 2 rings (SSSR count). The molecule has 5 heteroatoms. The van der Waals surface area contributed by atoms with Crippen molar-refractivity contribution in [1.29, 1.82) is 0 Å². The fourth-order valence-corrected chi connectivity index (χ4v) is 1.90. The van der Waals surface area contributed by atoms with Crippen LogP contribution in [0.3, 0.4) is 0 Å². The molecule has 1 aromatic carbocycles. The van der Waals surface area contributed by atoms with Crippen LogP contribution in [0.15, 0.2) is 47.3 Å². The Labute approximate surface area is 127 Å². The maximum Gasteiger partial charge on any atom is 0.328 e. The Kier molecular flexibility index (Phi) is 5.14. The Morgan fingerprint density at radius 1 is 1.23 bits per heavy atom. The Morgan fingerprint density at radius 2 is 1.95 bits per heavy atom. The van der Waals surface area contributed by atoms with E-state index in [0.29, 0.717) is 17.9 Å². The standard InChI is InChI=1S/C17H17NO4/c1-2-11-22-14-7-3-12(4-8-14)15-9-5-13(17(21)18-15)6-10-16(19)20/h3-10H,2,11H2,1H3,(H,18,21)(H,19,20)/b10-6+. The number of benzene rings is 1. The Bertz CT molecular complexity index is 729. The number of carbonyl (C=O) groups is 1. The molecule has 0 aliphatic heterocycles. The topological polar surface area (TPSA) is 79.4 Å². The van der Waals surface area contributed by atoms with E-state index in [1.807, 2.05) is 31.2 Å². The van der Waals surface area contributed by atoms with Crippen LogP contribution in [0.25, 0.3) is 17.3 Å². The SMILES string of the molecule is CCCOc1ccc(-c2ccc(/C=C/C(=O)O)c(=O)[nH]2)cc1. The molecule has 0 amide bonds. The van der Waals surface area contributed by atoms with Gasteiger partial charge >= 0.3 is 5.97 Å². The molecule has 114 valence electrons. The van der Waals surface area contributed by atoms with E-state index in [-0.39, 0.29) is 5.56 Å². The zero-order valence-corrected chi connectivity index (χ0v) is 12.2. The van der Waals surface area contributed by atoms with Crippen LogP contribution in [-0.4, -0.2) is 22.7 Å². The zero-order chi connectivity index (χ0) is 15.9. The maximum atomic E-state index is 11.9. The predicted octanol–water partition coefficient (Wildman–Crippen LogP) is 2.93. The third-order valence-electron chi connectivity index (χ3n) is 2.98. The van der Waals surface area contributed by atoms with E-state index >= 15 is 0 Å². The molecule has 0 aliphatic carbocycles. The van der Waals surface area contributed by atoms with Crippen LogP contribution in [0.5, 0.6) is 5.75 Å². The lowest BCUT2D eigenvalue weighted by Gasteiger charge is -2.06. The van der Waals surface area contributed by atoms with Crippen LogP contribution in [0, 0.1) is 0 Å². The van der Waals surface area contributed by atoms with Gasteiger partial charge in [0.15, 0.2) is 0 Å². The van der Waals surface area contributed by atoms with Crippen molar-refractivity contribution in [1.82, 2.24) is 4.98 Å². The number of hydrogen-bond acceptors (Lipinski definition) is 3. The summed E-state index contributed by atoms with van der Waals surface area (Å²) in [5.41, 5.74) is 1.49. The fraction of sp³-hybridized carbons (Fsp3) is 0.176. The van der Waals surface area contributed by atoms with Crippen LogP contribution in [-0.2, 0) is 4.79 Å². The summed E-state index contributed by atoms with van der Waals surface area (Å²) in [6.07, 6.45) is 3.15. The predicted molar refractivity (Wildman–Crippen MR) is 85.0 cm³/mol. The number of nitrogens with one attached hydrogen (secondary N) is 1. The number of hydrogen-bond donors (Lipinski definition) is 2. The molecular formula is C17H17NO4. The molecule has 5 nitrogen and oxygen atoms in total. The molecule has 0 unspecified atom stereocenters. The molecule has 0 radical (unpaired) electrons. The van der Waals surface area contributed by atoms with Crippen molar-refractivity contribution in [2.24, 2.45) is 0 Å². The van der Waals surface area contributed by atoms with Crippen LogP contribution in [0.1, 0.15) is 18.9 Å². The monoisotopic (exact) mass is 299 g/mol. The molecule has 1 heterocycles. The summed E-state index contributed by atoms with van der Waals surface area (Å²) < 4.78 is 5.51. The lowest BCUT2D eigenvalue weighted by Crippen LogP contribution is -2.09. The first-order chi connectivity index (χ1) is 10.6. The fourth-order valence-electron chi connectivity index (χ4n) is 1.90. The van der Waals surface area contributed by atoms with Crippen LogP contribution < -0.4 is 10.3 Å². The molecule has 0 atom stereocenters. The first-order valence-corrected chi connectivity index (χ1v) is 6.97. The number of ether oxygens (including phenoxy) is 1. The smallest absolute Gasteiger partial charge is 0.328 e. The summed E-state index contributed by atoms with van der Waals surface area (Å²) in [5, 5.41) is 8.57. The van der Waals surface area contributed by atoms with E-state index < -0.39 is 5.97 Å². The van der Waals surface area contributed by atoms with E-state index in [1.165, 1.54) is 6.08 Å². The van der Waals surface area contributed by atoms with Gasteiger partial charge in [-0.05, 0) is 54.5 Å². The highest BCUT2D eigenvalue weighted by atomic mass is 16.5. The van der Waals surface area contributed by atoms with Crippen molar-refractivity contribution in [2.75, 3.05) is 6.61 Å². The van der Waals surface area contributed by atoms with E-state index in [4.69, 9.17) is 9.84 Å². The molecule has 0 bridgehead atoms. The number of aliphatic carboxylic acids is 1. The van der Waals surface area contributed by atoms with Gasteiger partial charge < -0.3 is 14.8 Å². The number of carboxylic acid groups (broad SMARTS) is 1. The zero-order valence-electron chi connectivity index (χ0n) is 12.2. The van der Waals surface area contributed by atoms with Gasteiger partial charge in [0.25, 0.3) is 5.56 Å². The van der Waals surface area contributed by atoms with Gasteiger partial charge in [-0.25, -0.2) is 4.79 Å². The second-order valence-corrected chi connectivity index (χ2v) is 4.70. The first-order valence-electron chi connectivity index (χ1n) is 6.97. The van der Waals surface area contributed by atoms with Crippen molar-refractivity contribution >= 4 is 12.0 Å². The van der Waals surface area contributed by atoms with Gasteiger partial charge in [0.1, 0.15) is 5.75 Å². The average Bonchev–Trinajstić information content (AvgIpc) is 2.52. The normalized spacial score (nSPS) is 10.8. The molecule has 22 heavy (non-hydrogen) atoms. The number of pyridine rings is 1. The lowest BCUT2D eigenvalue weighted by molar-refractivity contribution is -0.131. The van der Waals surface area contributed by atoms with E-state index in [2.05, 4.69) is 4.98 Å². The van der Waals surface area contributed by atoms with Crippen molar-refractivity contribution in [3.8, 4) is 17.0 Å². The van der Waals surface area contributed by atoms with Crippen molar-refractivity contribution in [2.45, 2.75) is 13.3 Å². The highest BCUT2D eigenvalue weighted by Crippen LogP contribution is 2.20. The molecular weight excluding hydrogens is 282 g/mol. The quantitative estimate of drug-likeness (QED) is 0.804. The maximum absolute atomic E-state index is 11.9. The lowest BCUT2D eigenvalue weighted by atomic mass is 10.1. The van der Waals surface area contributed by atoms with Crippen LogP contribution >= 0.6 is 0 Å². The summed E-state index contributed by atoms with van der Waals surface area (Å²) in [6.45, 7) is 2.71. The van der Waals surface area contributed by atoms with Gasteiger partial charge in [-0.1, -0.05) is 6.92 Å². The number of carboxylic acids is 1. The van der Waals surface area contributed by atoms with Crippen LogP contribution in [0.2, 0.25) is 0 Å². The van der Waals surface area contributed by atoms with Crippen molar-refractivity contribution in [3.05, 3.63) is 58.4 Å². The molecule has 0 spiro atoms. The average molecular weight is 299 g/mol. The molecule has 0 saturated heterocycles. The van der Waals surface area contributed by atoms with Gasteiger partial charge in [-0.2, -0.15) is 0 Å². The second kappa shape index (κ2) is 7.26. The summed E-state index contributed by atoms with van der Waals surface area (Å²) in [4.78, 5) is 25.1. The number of H-pyrrole nitrogens is 1. The van der Waals surface area contributed by atoms with E-state index in [1.54, 1.807) is 12.1 Å². The highest BCUT2D eigenvalue weighted by molar-refractivity contribution is 5.85. The second-order valence-electron chi connectivity index (χ2n) is 4.70. The Balaban J connectivity index is 2.21. The Hall–Kier alpha value is -2.82. The van der Waals surface area contributed by atoms with E-state index in [9.17, 15) is 9.59 Å². The van der Waals surface area contributed by atoms with Crippen molar-refractivity contribution < 1.29 is 14.6 Å². The molecule has 0 aliphatic rings. The minimum absolute atomic E-state index is 0.300. The summed E-state index contributed by atoms with van der Waals surface area (Å²) >= 11 is 0.